The number of esters is 1. The quantitative estimate of drug-likeness (QED) is 0.627. The number of carbonyl (C=O) groups excluding carboxylic acids is 1. The third-order valence-corrected chi connectivity index (χ3v) is 4.46. The van der Waals surface area contributed by atoms with Crippen LogP contribution in [0.5, 0.6) is 0 Å². The van der Waals surface area contributed by atoms with Gasteiger partial charge in [-0.05, 0) is 13.8 Å². The Labute approximate surface area is 97.3 Å². The molecular formula is C9H20N2O4S. The van der Waals surface area contributed by atoms with Crippen LogP contribution in [0.2, 0.25) is 0 Å². The molecular weight excluding hydrogens is 232 g/mol. The topological polar surface area (TPSA) is 66.9 Å². The van der Waals surface area contributed by atoms with E-state index in [4.69, 9.17) is 0 Å². The molecule has 0 saturated heterocycles. The summed E-state index contributed by atoms with van der Waals surface area (Å²) in [6.07, 6.45) is 0.0537. The predicted molar refractivity (Wildman–Crippen MR) is 61.1 cm³/mol. The second-order valence-corrected chi connectivity index (χ2v) is 5.86. The summed E-state index contributed by atoms with van der Waals surface area (Å²) in [5.74, 6) is -0.422. The van der Waals surface area contributed by atoms with Gasteiger partial charge < -0.3 is 4.74 Å². The molecule has 6 nitrogen and oxygen atoms in total. The van der Waals surface area contributed by atoms with Crippen molar-refractivity contribution in [1.29, 1.82) is 0 Å². The molecule has 0 radical (unpaired) electrons. The van der Waals surface area contributed by atoms with Gasteiger partial charge in [0.2, 0.25) is 0 Å². The summed E-state index contributed by atoms with van der Waals surface area (Å²) in [6, 6.07) is -0.120. The first-order chi connectivity index (χ1) is 7.23. The van der Waals surface area contributed by atoms with Crippen molar-refractivity contribution in [3.8, 4) is 0 Å². The molecule has 7 heteroatoms. The van der Waals surface area contributed by atoms with Gasteiger partial charge in [-0.3, -0.25) is 4.79 Å². The highest BCUT2D eigenvalue weighted by Crippen LogP contribution is 2.08. The van der Waals surface area contributed by atoms with Gasteiger partial charge in [0.05, 0.1) is 13.5 Å². The van der Waals surface area contributed by atoms with E-state index < -0.39 is 16.2 Å². The van der Waals surface area contributed by atoms with Gasteiger partial charge in [0.25, 0.3) is 10.2 Å². The van der Waals surface area contributed by atoms with Gasteiger partial charge in [0, 0.05) is 26.7 Å². The van der Waals surface area contributed by atoms with Gasteiger partial charge >= 0.3 is 5.97 Å². The molecule has 0 heterocycles. The van der Waals surface area contributed by atoms with Crippen LogP contribution in [0.25, 0.3) is 0 Å². The molecule has 0 bridgehead atoms. The maximum absolute atomic E-state index is 11.9. The van der Waals surface area contributed by atoms with Crippen LogP contribution in [-0.4, -0.2) is 56.8 Å². The molecule has 16 heavy (non-hydrogen) atoms. The summed E-state index contributed by atoms with van der Waals surface area (Å²) in [4.78, 5) is 10.9. The SMILES string of the molecule is COC(=O)CCN(C)S(=O)(=O)N(C)C(C)C. The highest BCUT2D eigenvalue weighted by atomic mass is 32.2. The summed E-state index contributed by atoms with van der Waals surface area (Å²) >= 11 is 0. The van der Waals surface area contributed by atoms with Crippen LogP contribution < -0.4 is 0 Å². The molecule has 0 unspecified atom stereocenters. The molecule has 0 saturated carbocycles. The van der Waals surface area contributed by atoms with E-state index in [1.165, 1.54) is 25.5 Å². The van der Waals surface area contributed by atoms with Gasteiger partial charge in [-0.15, -0.1) is 0 Å². The van der Waals surface area contributed by atoms with Crippen LogP contribution in [0.4, 0.5) is 0 Å². The lowest BCUT2D eigenvalue weighted by Gasteiger charge is -2.26. The van der Waals surface area contributed by atoms with Gasteiger partial charge in [0.15, 0.2) is 0 Å². The highest BCUT2D eigenvalue weighted by molar-refractivity contribution is 7.86. The van der Waals surface area contributed by atoms with Crippen molar-refractivity contribution < 1.29 is 17.9 Å². The number of methoxy groups -OCH3 is 1. The van der Waals surface area contributed by atoms with Crippen LogP contribution in [0, 0.1) is 0 Å². The zero-order chi connectivity index (χ0) is 12.9. The number of hydrogen-bond acceptors (Lipinski definition) is 4. The van der Waals surface area contributed by atoms with Gasteiger partial charge in [-0.1, -0.05) is 0 Å². The minimum absolute atomic E-state index is 0.0537. The lowest BCUT2D eigenvalue weighted by molar-refractivity contribution is -0.140. The molecule has 0 rings (SSSR count). The molecule has 0 atom stereocenters. The van der Waals surface area contributed by atoms with Crippen molar-refractivity contribution in [2.75, 3.05) is 27.7 Å². The Morgan fingerprint density at radius 2 is 1.81 bits per heavy atom. The van der Waals surface area contributed by atoms with E-state index in [-0.39, 0.29) is 19.0 Å². The van der Waals surface area contributed by atoms with E-state index in [0.717, 1.165) is 4.31 Å². The van der Waals surface area contributed by atoms with Crippen LogP contribution in [0.3, 0.4) is 0 Å². The van der Waals surface area contributed by atoms with E-state index in [0.29, 0.717) is 0 Å². The average Bonchev–Trinajstić information content (AvgIpc) is 2.23. The Morgan fingerprint density at radius 1 is 1.31 bits per heavy atom. The molecule has 0 aliphatic heterocycles. The second-order valence-electron chi connectivity index (χ2n) is 3.77. The maximum Gasteiger partial charge on any atom is 0.306 e. The zero-order valence-corrected chi connectivity index (χ0v) is 11.2. The molecule has 0 aromatic carbocycles. The smallest absolute Gasteiger partial charge is 0.306 e. The van der Waals surface area contributed by atoms with Crippen LogP contribution in [0.15, 0.2) is 0 Å². The Kier molecular flexibility index (Phi) is 5.91. The summed E-state index contributed by atoms with van der Waals surface area (Å²) in [7, 11) is 0.742. The molecule has 0 aliphatic carbocycles. The van der Waals surface area contributed by atoms with E-state index >= 15 is 0 Å². The number of carbonyl (C=O) groups is 1. The van der Waals surface area contributed by atoms with Crippen LogP contribution >= 0.6 is 0 Å². The largest absolute Gasteiger partial charge is 0.469 e. The second kappa shape index (κ2) is 6.17. The van der Waals surface area contributed by atoms with E-state index in [9.17, 15) is 13.2 Å². The molecule has 96 valence electrons. The summed E-state index contributed by atoms with van der Waals surface area (Å²) < 4.78 is 30.6. The van der Waals surface area contributed by atoms with Crippen LogP contribution in [-0.2, 0) is 19.7 Å². The van der Waals surface area contributed by atoms with E-state index in [1.54, 1.807) is 13.8 Å². The first-order valence-electron chi connectivity index (χ1n) is 4.99. The van der Waals surface area contributed by atoms with Gasteiger partial charge in [-0.25, -0.2) is 0 Å². The summed E-state index contributed by atoms with van der Waals surface area (Å²) in [6.45, 7) is 3.68. The first-order valence-corrected chi connectivity index (χ1v) is 6.39. The van der Waals surface area contributed by atoms with Crippen molar-refractivity contribution in [3.63, 3.8) is 0 Å². The summed E-state index contributed by atoms with van der Waals surface area (Å²) in [5, 5.41) is 0. The third-order valence-electron chi connectivity index (χ3n) is 2.34. The molecule has 0 aliphatic rings. The fourth-order valence-corrected chi connectivity index (χ4v) is 2.25. The fourth-order valence-electron chi connectivity index (χ4n) is 0.952. The number of rotatable bonds is 6. The Balaban J connectivity index is 4.48. The maximum atomic E-state index is 11.9. The normalized spacial score (nSPS) is 12.5. The lowest BCUT2D eigenvalue weighted by Crippen LogP contribution is -2.43. The molecule has 0 aromatic heterocycles. The highest BCUT2D eigenvalue weighted by Gasteiger charge is 2.25. The molecule has 0 aromatic rings. The molecule has 0 spiro atoms. The molecule has 0 N–H and O–H groups in total. The third kappa shape index (κ3) is 4.07. The Hall–Kier alpha value is -0.660. The molecule has 0 fully saturated rings. The average molecular weight is 252 g/mol. The number of nitrogens with zero attached hydrogens (tertiary/aromatic N) is 2. The zero-order valence-electron chi connectivity index (χ0n) is 10.4. The molecule has 0 amide bonds. The van der Waals surface area contributed by atoms with E-state index in [2.05, 4.69) is 4.74 Å². The van der Waals surface area contributed by atoms with Gasteiger partial charge in [-0.2, -0.15) is 17.0 Å². The minimum Gasteiger partial charge on any atom is -0.469 e. The van der Waals surface area contributed by atoms with Crippen molar-refractivity contribution in [2.45, 2.75) is 26.3 Å². The van der Waals surface area contributed by atoms with Crippen molar-refractivity contribution in [3.05, 3.63) is 0 Å². The number of hydrogen-bond donors (Lipinski definition) is 0. The van der Waals surface area contributed by atoms with E-state index in [1.807, 2.05) is 0 Å². The lowest BCUT2D eigenvalue weighted by atomic mass is 10.4. The Morgan fingerprint density at radius 3 is 2.19 bits per heavy atom. The predicted octanol–water partition coefficient (Wildman–Crippen LogP) is 0.0663. The van der Waals surface area contributed by atoms with Gasteiger partial charge in [0.1, 0.15) is 0 Å². The Bertz CT molecular complexity index is 326. The fraction of sp³-hybridized carbons (Fsp3) is 0.889. The van der Waals surface area contributed by atoms with Crippen LogP contribution in [0.1, 0.15) is 20.3 Å². The standard InChI is InChI=1S/C9H20N2O4S/c1-8(2)11(4)16(13,14)10(3)7-6-9(12)15-5/h8H,6-7H2,1-5H3. The minimum atomic E-state index is -3.48. The number of ether oxygens (including phenoxy) is 1. The van der Waals surface area contributed by atoms with Crippen molar-refractivity contribution in [1.82, 2.24) is 8.61 Å². The van der Waals surface area contributed by atoms with Crippen molar-refractivity contribution in [2.24, 2.45) is 0 Å². The monoisotopic (exact) mass is 252 g/mol. The first kappa shape index (κ1) is 15.3. The summed E-state index contributed by atoms with van der Waals surface area (Å²) in [5.41, 5.74) is 0. The van der Waals surface area contributed by atoms with Crippen molar-refractivity contribution >= 4 is 16.2 Å².